The molecule has 4 N–H and O–H groups in total. The molecule has 0 spiro atoms. The first-order chi connectivity index (χ1) is 10.9. The third kappa shape index (κ3) is 29.1. The minimum atomic E-state index is -0.865. The molecule has 0 atom stereocenters. The van der Waals surface area contributed by atoms with Crippen molar-refractivity contribution in [2.24, 2.45) is 0 Å². The molecule has 0 bridgehead atoms. The zero-order valence-corrected chi connectivity index (χ0v) is 13.4. The van der Waals surface area contributed by atoms with Crippen LogP contribution < -0.4 is 0 Å². The SMILES string of the molecule is O=C(O)CCCCCO.O=C(O)CCCCCOCCC(=O)O. The first kappa shape index (κ1) is 23.6. The highest BCUT2D eigenvalue weighted by Crippen LogP contribution is 2.00. The van der Waals surface area contributed by atoms with Crippen LogP contribution in [0.5, 0.6) is 0 Å². The fourth-order valence-electron chi connectivity index (χ4n) is 1.48. The van der Waals surface area contributed by atoms with Gasteiger partial charge < -0.3 is 25.2 Å². The van der Waals surface area contributed by atoms with Crippen LogP contribution in [0.25, 0.3) is 0 Å². The highest BCUT2D eigenvalue weighted by atomic mass is 16.5. The fourth-order valence-corrected chi connectivity index (χ4v) is 1.48. The number of carboxylic acids is 3. The molecular weight excluding hydrogens is 308 g/mol. The number of unbranched alkanes of at least 4 members (excludes halogenated alkanes) is 4. The summed E-state index contributed by atoms with van der Waals surface area (Å²) in [5.41, 5.74) is 0. The maximum Gasteiger partial charge on any atom is 0.305 e. The summed E-state index contributed by atoms with van der Waals surface area (Å²) in [6, 6.07) is 0. The second kappa shape index (κ2) is 18.4. The highest BCUT2D eigenvalue weighted by Gasteiger charge is 1.98. The summed E-state index contributed by atoms with van der Waals surface area (Å²) >= 11 is 0. The van der Waals surface area contributed by atoms with Gasteiger partial charge in [-0.1, -0.05) is 12.8 Å². The Morgan fingerprint density at radius 3 is 1.52 bits per heavy atom. The number of rotatable bonds is 14. The molecule has 0 saturated carbocycles. The molecule has 0 aromatic heterocycles. The van der Waals surface area contributed by atoms with Gasteiger partial charge in [-0.05, 0) is 25.7 Å². The van der Waals surface area contributed by atoms with Crippen LogP contribution in [-0.2, 0) is 19.1 Å². The van der Waals surface area contributed by atoms with Crippen molar-refractivity contribution in [2.45, 2.75) is 57.8 Å². The van der Waals surface area contributed by atoms with Crippen LogP contribution in [0.3, 0.4) is 0 Å². The lowest BCUT2D eigenvalue weighted by Crippen LogP contribution is -2.03. The summed E-state index contributed by atoms with van der Waals surface area (Å²) in [7, 11) is 0. The maximum absolute atomic E-state index is 10.1. The summed E-state index contributed by atoms with van der Waals surface area (Å²) in [5.74, 6) is -2.40. The number of carbonyl (C=O) groups is 3. The van der Waals surface area contributed by atoms with Crippen molar-refractivity contribution in [3.05, 3.63) is 0 Å². The van der Waals surface area contributed by atoms with Gasteiger partial charge in [0, 0.05) is 26.1 Å². The smallest absolute Gasteiger partial charge is 0.305 e. The van der Waals surface area contributed by atoms with E-state index in [1.165, 1.54) is 0 Å². The Hall–Kier alpha value is -1.67. The first-order valence-electron chi connectivity index (χ1n) is 7.74. The van der Waals surface area contributed by atoms with Gasteiger partial charge in [-0.15, -0.1) is 0 Å². The average molecular weight is 336 g/mol. The Morgan fingerprint density at radius 2 is 1.09 bits per heavy atom. The van der Waals surface area contributed by atoms with Crippen LogP contribution in [0, 0.1) is 0 Å². The predicted molar refractivity (Wildman–Crippen MR) is 82.4 cm³/mol. The maximum atomic E-state index is 10.1. The molecule has 0 aromatic carbocycles. The van der Waals surface area contributed by atoms with Gasteiger partial charge in [0.2, 0.25) is 0 Å². The third-order valence-corrected chi connectivity index (χ3v) is 2.69. The van der Waals surface area contributed by atoms with Crippen LogP contribution in [-0.4, -0.2) is 58.2 Å². The van der Waals surface area contributed by atoms with E-state index in [1.807, 2.05) is 0 Å². The first-order valence-corrected chi connectivity index (χ1v) is 7.74. The van der Waals surface area contributed by atoms with E-state index in [0.717, 1.165) is 19.3 Å². The van der Waals surface area contributed by atoms with Crippen molar-refractivity contribution >= 4 is 17.9 Å². The topological polar surface area (TPSA) is 141 Å². The largest absolute Gasteiger partial charge is 0.481 e. The number of aliphatic carboxylic acids is 3. The summed E-state index contributed by atoms with van der Waals surface area (Å²) in [6.07, 6.45) is 4.88. The minimum Gasteiger partial charge on any atom is -0.481 e. The Bertz CT molecular complexity index is 297. The summed E-state index contributed by atoms with van der Waals surface area (Å²) in [4.78, 5) is 30.1. The molecule has 0 fully saturated rings. The highest BCUT2D eigenvalue weighted by molar-refractivity contribution is 5.67. The number of carboxylic acid groups (broad SMARTS) is 3. The monoisotopic (exact) mass is 336 g/mol. The normalized spacial score (nSPS) is 9.78. The molecule has 0 aliphatic rings. The van der Waals surface area contributed by atoms with E-state index in [9.17, 15) is 14.4 Å². The summed E-state index contributed by atoms with van der Waals surface area (Å²) in [6.45, 7) is 0.904. The van der Waals surface area contributed by atoms with E-state index in [1.54, 1.807) is 0 Å². The molecule has 8 nitrogen and oxygen atoms in total. The zero-order valence-electron chi connectivity index (χ0n) is 13.4. The average Bonchev–Trinajstić information content (AvgIpc) is 2.46. The molecule has 0 aromatic rings. The van der Waals surface area contributed by atoms with Gasteiger partial charge in [0.05, 0.1) is 13.0 Å². The van der Waals surface area contributed by atoms with Crippen molar-refractivity contribution in [2.75, 3.05) is 19.8 Å². The fraction of sp³-hybridized carbons (Fsp3) is 0.800. The van der Waals surface area contributed by atoms with Gasteiger partial charge >= 0.3 is 17.9 Å². The molecule has 0 aliphatic heterocycles. The summed E-state index contributed by atoms with van der Waals surface area (Å²) < 4.78 is 5.02. The lowest BCUT2D eigenvalue weighted by Gasteiger charge is -2.01. The second-order valence-corrected chi connectivity index (χ2v) is 4.89. The van der Waals surface area contributed by atoms with Gasteiger partial charge in [-0.2, -0.15) is 0 Å². The van der Waals surface area contributed by atoms with Crippen LogP contribution in [0.2, 0.25) is 0 Å². The minimum absolute atomic E-state index is 0.0229. The van der Waals surface area contributed by atoms with Crippen molar-refractivity contribution in [1.29, 1.82) is 0 Å². The van der Waals surface area contributed by atoms with E-state index in [-0.39, 0.29) is 32.5 Å². The molecule has 0 amide bonds. The lowest BCUT2D eigenvalue weighted by molar-refractivity contribution is -0.139. The van der Waals surface area contributed by atoms with Crippen molar-refractivity contribution in [3.8, 4) is 0 Å². The van der Waals surface area contributed by atoms with Gasteiger partial charge in [-0.25, -0.2) is 0 Å². The zero-order chi connectivity index (χ0) is 17.9. The molecule has 8 heteroatoms. The van der Waals surface area contributed by atoms with E-state index in [0.29, 0.717) is 25.9 Å². The number of ether oxygens (including phenoxy) is 1. The standard InChI is InChI=1S/C9H16O5.C6H12O3/c10-8(11)4-2-1-3-6-14-7-5-9(12)13;7-5-3-1-2-4-6(8)9/h1-7H2,(H,10,11)(H,12,13);7H,1-5H2,(H,8,9). The van der Waals surface area contributed by atoms with Crippen LogP contribution in [0.1, 0.15) is 57.8 Å². The molecule has 0 unspecified atom stereocenters. The van der Waals surface area contributed by atoms with E-state index in [4.69, 9.17) is 25.2 Å². The lowest BCUT2D eigenvalue weighted by atomic mass is 10.2. The number of hydrogen-bond acceptors (Lipinski definition) is 5. The van der Waals surface area contributed by atoms with E-state index >= 15 is 0 Å². The molecular formula is C15H28O8. The molecule has 136 valence electrons. The molecule has 0 rings (SSSR count). The number of hydrogen-bond donors (Lipinski definition) is 4. The predicted octanol–water partition coefficient (Wildman–Crippen LogP) is 1.75. The molecule has 0 saturated heterocycles. The van der Waals surface area contributed by atoms with Crippen molar-refractivity contribution in [3.63, 3.8) is 0 Å². The Balaban J connectivity index is 0. The van der Waals surface area contributed by atoms with Crippen molar-refractivity contribution < 1.29 is 39.5 Å². The molecule has 0 aliphatic carbocycles. The van der Waals surface area contributed by atoms with Crippen LogP contribution in [0.4, 0.5) is 0 Å². The second-order valence-electron chi connectivity index (χ2n) is 4.89. The number of aliphatic hydroxyl groups excluding tert-OH is 1. The Kier molecular flexibility index (Phi) is 18.9. The van der Waals surface area contributed by atoms with Gasteiger partial charge in [0.15, 0.2) is 0 Å². The quantitative estimate of drug-likeness (QED) is 0.351. The molecule has 23 heavy (non-hydrogen) atoms. The van der Waals surface area contributed by atoms with Crippen molar-refractivity contribution in [1.82, 2.24) is 0 Å². The van der Waals surface area contributed by atoms with E-state index < -0.39 is 17.9 Å². The van der Waals surface area contributed by atoms with Crippen LogP contribution in [0.15, 0.2) is 0 Å². The number of aliphatic hydroxyl groups is 1. The third-order valence-electron chi connectivity index (χ3n) is 2.69. The van der Waals surface area contributed by atoms with Gasteiger partial charge in [-0.3, -0.25) is 14.4 Å². The summed E-state index contributed by atoms with van der Waals surface area (Å²) in [5, 5.41) is 33.0. The van der Waals surface area contributed by atoms with Crippen LogP contribution >= 0.6 is 0 Å². The van der Waals surface area contributed by atoms with Gasteiger partial charge in [0.1, 0.15) is 0 Å². The molecule has 0 radical (unpaired) electrons. The molecule has 0 heterocycles. The van der Waals surface area contributed by atoms with Gasteiger partial charge in [0.25, 0.3) is 0 Å². The Labute approximate surface area is 136 Å². The Morgan fingerprint density at radius 1 is 0.609 bits per heavy atom. The van der Waals surface area contributed by atoms with E-state index in [2.05, 4.69) is 0 Å².